The number of nitrogen functional groups attached to an aromatic ring is 1. The van der Waals surface area contributed by atoms with Crippen molar-refractivity contribution in [3.05, 3.63) is 22.2 Å². The average molecular weight is 312 g/mol. The number of sulfonamides is 1. The highest BCUT2D eigenvalue weighted by Crippen LogP contribution is 2.31. The Morgan fingerprint density at radius 2 is 1.78 bits per heavy atom. The van der Waals surface area contributed by atoms with Crippen molar-refractivity contribution < 1.29 is 13.2 Å². The molecule has 0 fully saturated rings. The number of hydrogen-bond donors (Lipinski definition) is 3. The summed E-state index contributed by atoms with van der Waals surface area (Å²) in [5, 5.41) is -0.270. The molecular weight excluding hydrogens is 301 g/mol. The fraction of sp³-hybridized carbons (Fsp3) is 0.222. The lowest BCUT2D eigenvalue weighted by Gasteiger charge is -2.13. The predicted molar refractivity (Wildman–Crippen MR) is 69.9 cm³/mol. The molecule has 0 aliphatic heterocycles. The van der Waals surface area contributed by atoms with Crippen LogP contribution >= 0.6 is 23.2 Å². The Labute approximate surface area is 114 Å². The third-order valence-electron chi connectivity index (χ3n) is 2.05. The predicted octanol–water partition coefficient (Wildman–Crippen LogP) is 0.728. The Bertz CT molecular complexity index is 566. The lowest BCUT2D eigenvalue weighted by molar-refractivity contribution is -0.119. The molecule has 0 saturated heterocycles. The van der Waals surface area contributed by atoms with E-state index in [1.54, 1.807) is 0 Å². The SMILES string of the molecule is CC(NS(=O)(=O)c1c(Cl)cc(N)cc1Cl)C(N)=O. The first kappa shape index (κ1) is 15.0. The molecule has 0 aliphatic carbocycles. The minimum absolute atomic E-state index is 0.135. The summed E-state index contributed by atoms with van der Waals surface area (Å²) in [5.41, 5.74) is 10.7. The summed E-state index contributed by atoms with van der Waals surface area (Å²) in [6, 6.07) is 1.41. The van der Waals surface area contributed by atoms with Crippen LogP contribution in [0.1, 0.15) is 6.92 Å². The molecule has 0 aliphatic rings. The average Bonchev–Trinajstić information content (AvgIpc) is 2.13. The van der Waals surface area contributed by atoms with Gasteiger partial charge in [-0.3, -0.25) is 4.79 Å². The standard InChI is InChI=1S/C9H11Cl2N3O3S/c1-4(9(13)15)14-18(16,17)8-6(10)2-5(12)3-7(8)11/h2-4,14H,12H2,1H3,(H2,13,15). The molecule has 0 bridgehead atoms. The van der Waals surface area contributed by atoms with Crippen LogP contribution in [0.5, 0.6) is 0 Å². The van der Waals surface area contributed by atoms with Crippen molar-refractivity contribution >= 4 is 44.8 Å². The number of halogens is 2. The molecule has 5 N–H and O–H groups in total. The van der Waals surface area contributed by atoms with Gasteiger partial charge in [0.25, 0.3) is 0 Å². The molecule has 0 radical (unpaired) electrons. The van der Waals surface area contributed by atoms with E-state index >= 15 is 0 Å². The molecule has 9 heteroatoms. The van der Waals surface area contributed by atoms with Crippen LogP contribution in [0.2, 0.25) is 10.0 Å². The molecule has 18 heavy (non-hydrogen) atoms. The van der Waals surface area contributed by atoms with Crippen LogP contribution in [0.25, 0.3) is 0 Å². The normalized spacial score (nSPS) is 13.3. The van der Waals surface area contributed by atoms with Gasteiger partial charge >= 0.3 is 0 Å². The monoisotopic (exact) mass is 311 g/mol. The molecule has 0 saturated carbocycles. The second-order valence-electron chi connectivity index (χ2n) is 3.56. The quantitative estimate of drug-likeness (QED) is 0.711. The number of primary amides is 1. The van der Waals surface area contributed by atoms with Crippen molar-refractivity contribution in [2.45, 2.75) is 17.9 Å². The number of amides is 1. The van der Waals surface area contributed by atoms with Crippen LogP contribution in [0.3, 0.4) is 0 Å². The smallest absolute Gasteiger partial charge is 0.244 e. The minimum atomic E-state index is -4.05. The zero-order chi connectivity index (χ0) is 14.1. The lowest BCUT2D eigenvalue weighted by Crippen LogP contribution is -2.42. The Kier molecular flexibility index (Phi) is 4.44. The van der Waals surface area contributed by atoms with Gasteiger partial charge < -0.3 is 11.5 Å². The fourth-order valence-corrected chi connectivity index (χ4v) is 3.63. The zero-order valence-electron chi connectivity index (χ0n) is 9.28. The first-order valence-electron chi connectivity index (χ1n) is 4.71. The minimum Gasteiger partial charge on any atom is -0.399 e. The maximum atomic E-state index is 12.0. The number of benzene rings is 1. The number of rotatable bonds is 4. The summed E-state index contributed by atoms with van der Waals surface area (Å²) in [6.07, 6.45) is 0. The van der Waals surface area contributed by atoms with E-state index in [0.29, 0.717) is 0 Å². The lowest BCUT2D eigenvalue weighted by atomic mass is 10.3. The molecule has 1 aromatic carbocycles. The zero-order valence-corrected chi connectivity index (χ0v) is 11.6. The third-order valence-corrected chi connectivity index (χ3v) is 4.51. The summed E-state index contributed by atoms with van der Waals surface area (Å²) in [7, 11) is -4.05. The molecule has 1 rings (SSSR count). The van der Waals surface area contributed by atoms with E-state index in [4.69, 9.17) is 34.7 Å². The molecular formula is C9H11Cl2N3O3S. The second-order valence-corrected chi connectivity index (χ2v) is 6.02. The van der Waals surface area contributed by atoms with E-state index in [1.807, 2.05) is 0 Å². The van der Waals surface area contributed by atoms with Gasteiger partial charge in [0.1, 0.15) is 4.90 Å². The van der Waals surface area contributed by atoms with Gasteiger partial charge in [0.15, 0.2) is 0 Å². The van der Waals surface area contributed by atoms with Crippen LogP contribution in [-0.4, -0.2) is 20.4 Å². The van der Waals surface area contributed by atoms with Crippen LogP contribution in [0.4, 0.5) is 5.69 Å². The topological polar surface area (TPSA) is 115 Å². The number of carbonyl (C=O) groups excluding carboxylic acids is 1. The molecule has 1 unspecified atom stereocenters. The summed E-state index contributed by atoms with van der Waals surface area (Å²) >= 11 is 11.6. The van der Waals surface area contributed by atoms with Crippen LogP contribution in [-0.2, 0) is 14.8 Å². The van der Waals surface area contributed by atoms with E-state index < -0.39 is 22.0 Å². The van der Waals surface area contributed by atoms with Gasteiger partial charge in [-0.15, -0.1) is 0 Å². The van der Waals surface area contributed by atoms with E-state index in [9.17, 15) is 13.2 Å². The number of nitrogens with two attached hydrogens (primary N) is 2. The molecule has 1 amide bonds. The Balaban J connectivity index is 3.25. The number of nitrogens with one attached hydrogen (secondary N) is 1. The third kappa shape index (κ3) is 3.26. The molecule has 100 valence electrons. The van der Waals surface area contributed by atoms with E-state index in [1.165, 1.54) is 19.1 Å². The molecule has 0 aromatic heterocycles. The fourth-order valence-electron chi connectivity index (χ4n) is 1.19. The Hall–Kier alpha value is -1.02. The first-order valence-corrected chi connectivity index (χ1v) is 6.95. The summed E-state index contributed by atoms with van der Waals surface area (Å²) in [6.45, 7) is 1.30. The van der Waals surface area contributed by atoms with Gasteiger partial charge in [0.2, 0.25) is 15.9 Å². The maximum absolute atomic E-state index is 12.0. The summed E-state index contributed by atoms with van der Waals surface area (Å²) in [4.78, 5) is 10.5. The molecule has 0 heterocycles. The maximum Gasteiger partial charge on any atom is 0.244 e. The highest BCUT2D eigenvalue weighted by atomic mass is 35.5. The molecule has 1 atom stereocenters. The van der Waals surface area contributed by atoms with E-state index in [-0.39, 0.29) is 20.6 Å². The van der Waals surface area contributed by atoms with Crippen molar-refractivity contribution in [3.63, 3.8) is 0 Å². The highest BCUT2D eigenvalue weighted by Gasteiger charge is 2.25. The van der Waals surface area contributed by atoms with Gasteiger partial charge in [-0.05, 0) is 19.1 Å². The first-order chi connectivity index (χ1) is 8.15. The van der Waals surface area contributed by atoms with Crippen LogP contribution < -0.4 is 16.2 Å². The number of anilines is 1. The van der Waals surface area contributed by atoms with Crippen LogP contribution in [0.15, 0.2) is 17.0 Å². The van der Waals surface area contributed by atoms with E-state index in [0.717, 1.165) is 0 Å². The molecule has 1 aromatic rings. The van der Waals surface area contributed by atoms with Gasteiger partial charge in [0, 0.05) is 5.69 Å². The van der Waals surface area contributed by atoms with Gasteiger partial charge in [-0.25, -0.2) is 8.42 Å². The Morgan fingerprint density at radius 3 is 2.17 bits per heavy atom. The van der Waals surface area contributed by atoms with Crippen molar-refractivity contribution in [2.24, 2.45) is 5.73 Å². The van der Waals surface area contributed by atoms with Gasteiger partial charge in [-0.2, -0.15) is 4.72 Å². The second kappa shape index (κ2) is 5.31. The van der Waals surface area contributed by atoms with E-state index in [2.05, 4.69) is 4.72 Å². The number of carbonyl (C=O) groups is 1. The van der Waals surface area contributed by atoms with Crippen molar-refractivity contribution in [1.82, 2.24) is 4.72 Å². The summed E-state index contributed by atoms with van der Waals surface area (Å²) < 4.78 is 26.0. The van der Waals surface area contributed by atoms with Crippen molar-refractivity contribution in [3.8, 4) is 0 Å². The van der Waals surface area contributed by atoms with Crippen LogP contribution in [0, 0.1) is 0 Å². The molecule has 6 nitrogen and oxygen atoms in total. The Morgan fingerprint density at radius 1 is 1.33 bits per heavy atom. The van der Waals surface area contributed by atoms with Crippen molar-refractivity contribution in [1.29, 1.82) is 0 Å². The highest BCUT2D eigenvalue weighted by molar-refractivity contribution is 7.89. The molecule has 0 spiro atoms. The van der Waals surface area contributed by atoms with Gasteiger partial charge in [0.05, 0.1) is 16.1 Å². The van der Waals surface area contributed by atoms with Crippen molar-refractivity contribution in [2.75, 3.05) is 5.73 Å². The summed E-state index contributed by atoms with van der Waals surface area (Å²) in [5.74, 6) is -0.818. The number of hydrogen-bond acceptors (Lipinski definition) is 4. The largest absolute Gasteiger partial charge is 0.399 e. The van der Waals surface area contributed by atoms with Gasteiger partial charge in [-0.1, -0.05) is 23.2 Å².